The molecule has 0 aliphatic rings. The Labute approximate surface area is 216 Å². The molecule has 0 aliphatic carbocycles. The first-order valence-electron chi connectivity index (χ1n) is 12.3. The highest BCUT2D eigenvalue weighted by Crippen LogP contribution is 2.38. The summed E-state index contributed by atoms with van der Waals surface area (Å²) in [7, 11) is 0. The topological polar surface area (TPSA) is 43.1 Å². The molecule has 0 aromatic heterocycles. The monoisotopic (exact) mass is 485 g/mol. The second-order valence-electron chi connectivity index (χ2n) is 11.3. The summed E-state index contributed by atoms with van der Waals surface area (Å²) in [5, 5.41) is 0. The number of carbonyl (C=O) groups is 1. The van der Waals surface area contributed by atoms with Gasteiger partial charge < -0.3 is 5.73 Å². The van der Waals surface area contributed by atoms with Gasteiger partial charge in [0, 0.05) is 9.79 Å². The molecule has 3 rings (SSSR count). The van der Waals surface area contributed by atoms with Crippen LogP contribution in [-0.2, 0) is 17.3 Å². The van der Waals surface area contributed by atoms with Gasteiger partial charge in [-0.3, -0.25) is 4.79 Å². The number of hydrogen-bond donors (Lipinski definition) is 1. The predicted octanol–water partition coefficient (Wildman–Crippen LogP) is 8.57. The van der Waals surface area contributed by atoms with Crippen LogP contribution >= 0.6 is 11.8 Å². The molecular weight excluding hydrogens is 446 g/mol. The molecule has 2 nitrogen and oxygen atoms in total. The predicted molar refractivity (Wildman–Crippen MR) is 152 cm³/mol. The SMILES string of the molecule is CCc1c(C)cc(C=Cc2ccc(C(C)(C)C)cc2)c(C(N)=O)c1Sc1ccc(C(C)(C)C)cc1. The van der Waals surface area contributed by atoms with Gasteiger partial charge in [0.1, 0.15) is 0 Å². The molecule has 0 heterocycles. The van der Waals surface area contributed by atoms with Crippen LogP contribution in [0, 0.1) is 6.92 Å². The van der Waals surface area contributed by atoms with Crippen LogP contribution in [0.3, 0.4) is 0 Å². The molecule has 0 spiro atoms. The third-order valence-corrected chi connectivity index (χ3v) is 7.57. The molecule has 0 unspecified atom stereocenters. The smallest absolute Gasteiger partial charge is 0.250 e. The van der Waals surface area contributed by atoms with Crippen LogP contribution in [0.5, 0.6) is 0 Å². The van der Waals surface area contributed by atoms with Gasteiger partial charge in [-0.1, -0.05) is 115 Å². The lowest BCUT2D eigenvalue weighted by Gasteiger charge is -2.20. The van der Waals surface area contributed by atoms with Crippen LogP contribution in [0.15, 0.2) is 64.4 Å². The highest BCUT2D eigenvalue weighted by atomic mass is 32.2. The number of aryl methyl sites for hydroxylation is 1. The molecule has 3 aromatic carbocycles. The van der Waals surface area contributed by atoms with Crippen molar-refractivity contribution in [3.05, 3.63) is 93.5 Å². The third-order valence-electron chi connectivity index (χ3n) is 6.41. The summed E-state index contributed by atoms with van der Waals surface area (Å²) in [5.74, 6) is -0.392. The number of benzene rings is 3. The summed E-state index contributed by atoms with van der Waals surface area (Å²) in [6.45, 7) is 17.5. The van der Waals surface area contributed by atoms with E-state index in [0.29, 0.717) is 5.56 Å². The van der Waals surface area contributed by atoms with E-state index < -0.39 is 5.91 Å². The maximum absolute atomic E-state index is 12.7. The molecule has 0 radical (unpaired) electrons. The van der Waals surface area contributed by atoms with Crippen LogP contribution < -0.4 is 5.73 Å². The number of nitrogens with two attached hydrogens (primary N) is 1. The van der Waals surface area contributed by atoms with Crippen molar-refractivity contribution >= 4 is 29.8 Å². The van der Waals surface area contributed by atoms with Crippen molar-refractivity contribution in [2.24, 2.45) is 5.73 Å². The lowest BCUT2D eigenvalue weighted by Crippen LogP contribution is -2.16. The number of rotatable bonds is 6. The fourth-order valence-electron chi connectivity index (χ4n) is 4.21. The van der Waals surface area contributed by atoms with E-state index in [1.54, 1.807) is 11.8 Å². The molecule has 0 saturated heterocycles. The molecule has 184 valence electrons. The highest BCUT2D eigenvalue weighted by molar-refractivity contribution is 7.99. The molecule has 0 fully saturated rings. The van der Waals surface area contributed by atoms with Gasteiger partial charge in [-0.2, -0.15) is 0 Å². The van der Waals surface area contributed by atoms with Crippen LogP contribution in [0.4, 0.5) is 0 Å². The highest BCUT2D eigenvalue weighted by Gasteiger charge is 2.20. The minimum atomic E-state index is -0.392. The Morgan fingerprint density at radius 3 is 1.83 bits per heavy atom. The van der Waals surface area contributed by atoms with Crippen LogP contribution in [0.25, 0.3) is 12.2 Å². The second kappa shape index (κ2) is 10.5. The molecule has 0 saturated carbocycles. The number of hydrogen-bond acceptors (Lipinski definition) is 2. The lowest BCUT2D eigenvalue weighted by molar-refractivity contribution is 0.0997. The maximum Gasteiger partial charge on any atom is 0.250 e. The first kappa shape index (κ1) is 26.8. The van der Waals surface area contributed by atoms with Crippen LogP contribution in [0.1, 0.15) is 92.2 Å². The fourth-order valence-corrected chi connectivity index (χ4v) is 5.47. The summed E-state index contributed by atoms with van der Waals surface area (Å²) in [6.07, 6.45) is 4.92. The van der Waals surface area contributed by atoms with Crippen molar-refractivity contribution in [1.82, 2.24) is 0 Å². The standard InChI is InChI=1S/C32H39NOS/c1-9-27-21(2)20-23(13-10-22-11-14-24(15-12-22)31(3,4)5)28(30(33)34)29(27)35-26-18-16-25(17-19-26)32(6,7)8/h10-20H,9H2,1-8H3,(H2,33,34). The lowest BCUT2D eigenvalue weighted by atomic mass is 9.86. The minimum absolute atomic E-state index is 0.0997. The van der Waals surface area contributed by atoms with Gasteiger partial charge in [0.05, 0.1) is 5.56 Å². The van der Waals surface area contributed by atoms with Crippen molar-refractivity contribution in [2.75, 3.05) is 0 Å². The van der Waals surface area contributed by atoms with E-state index in [9.17, 15) is 4.79 Å². The molecule has 3 heteroatoms. The molecule has 35 heavy (non-hydrogen) atoms. The molecule has 2 N–H and O–H groups in total. The average molecular weight is 486 g/mol. The Hall–Kier alpha value is -2.78. The third kappa shape index (κ3) is 6.46. The second-order valence-corrected chi connectivity index (χ2v) is 12.3. The van der Waals surface area contributed by atoms with Gasteiger partial charge in [0.15, 0.2) is 0 Å². The van der Waals surface area contributed by atoms with E-state index in [1.807, 2.05) is 6.08 Å². The number of carbonyl (C=O) groups excluding carboxylic acids is 1. The Bertz CT molecular complexity index is 1220. The fraction of sp³-hybridized carbons (Fsp3) is 0.344. The zero-order valence-corrected chi connectivity index (χ0v) is 23.3. The zero-order valence-electron chi connectivity index (χ0n) is 22.5. The van der Waals surface area contributed by atoms with Crippen LogP contribution in [-0.4, -0.2) is 5.91 Å². The first-order valence-corrected chi connectivity index (χ1v) is 13.2. The minimum Gasteiger partial charge on any atom is -0.366 e. The van der Waals surface area contributed by atoms with Crippen molar-refractivity contribution in [3.63, 3.8) is 0 Å². The van der Waals surface area contributed by atoms with Crippen LogP contribution in [0.2, 0.25) is 0 Å². The average Bonchev–Trinajstić information content (AvgIpc) is 2.77. The molecule has 3 aromatic rings. The quantitative estimate of drug-likeness (QED) is 0.355. The van der Waals surface area contributed by atoms with E-state index in [-0.39, 0.29) is 10.8 Å². The molecular formula is C32H39NOS. The first-order chi connectivity index (χ1) is 16.3. The Balaban J connectivity index is 2.04. The van der Waals surface area contributed by atoms with Gasteiger partial charge in [-0.05, 0) is 69.7 Å². The van der Waals surface area contributed by atoms with Crippen molar-refractivity contribution in [2.45, 2.75) is 82.4 Å². The van der Waals surface area contributed by atoms with E-state index in [2.05, 4.69) is 116 Å². The summed E-state index contributed by atoms with van der Waals surface area (Å²) >= 11 is 1.63. The molecule has 0 bridgehead atoms. The summed E-state index contributed by atoms with van der Waals surface area (Å²) < 4.78 is 0. The normalized spacial score (nSPS) is 12.3. The van der Waals surface area contributed by atoms with Gasteiger partial charge in [0.25, 0.3) is 0 Å². The Morgan fingerprint density at radius 2 is 1.37 bits per heavy atom. The van der Waals surface area contributed by atoms with E-state index in [0.717, 1.165) is 27.3 Å². The summed E-state index contributed by atoms with van der Waals surface area (Å²) in [6, 6.07) is 19.3. The van der Waals surface area contributed by atoms with Gasteiger partial charge in [0.2, 0.25) is 5.91 Å². The molecule has 0 atom stereocenters. The van der Waals surface area contributed by atoms with Gasteiger partial charge >= 0.3 is 0 Å². The largest absolute Gasteiger partial charge is 0.366 e. The summed E-state index contributed by atoms with van der Waals surface area (Å²) in [4.78, 5) is 14.8. The number of amides is 1. The maximum atomic E-state index is 12.7. The van der Waals surface area contributed by atoms with Gasteiger partial charge in [-0.15, -0.1) is 0 Å². The van der Waals surface area contributed by atoms with E-state index >= 15 is 0 Å². The Kier molecular flexibility index (Phi) is 8.01. The van der Waals surface area contributed by atoms with Crippen molar-refractivity contribution < 1.29 is 4.79 Å². The zero-order chi connectivity index (χ0) is 26.0. The summed E-state index contributed by atoms with van der Waals surface area (Å²) in [5.41, 5.74) is 13.7. The van der Waals surface area contributed by atoms with E-state index in [1.165, 1.54) is 22.3 Å². The molecule has 1 amide bonds. The van der Waals surface area contributed by atoms with Gasteiger partial charge in [-0.25, -0.2) is 0 Å². The van der Waals surface area contributed by atoms with Crippen molar-refractivity contribution in [3.8, 4) is 0 Å². The van der Waals surface area contributed by atoms with E-state index in [4.69, 9.17) is 5.73 Å². The molecule has 0 aliphatic heterocycles. The number of primary amides is 1. The van der Waals surface area contributed by atoms with Crippen molar-refractivity contribution in [1.29, 1.82) is 0 Å². The Morgan fingerprint density at radius 1 is 0.857 bits per heavy atom.